The number of ether oxygens (including phenoxy) is 1. The van der Waals surface area contributed by atoms with Crippen molar-refractivity contribution in [1.82, 2.24) is 0 Å². The van der Waals surface area contributed by atoms with Gasteiger partial charge in [0, 0.05) is 5.56 Å². The molecular formula is C22H24O4. The fourth-order valence-corrected chi connectivity index (χ4v) is 2.68. The molecule has 0 heterocycles. The number of carboxylic acids is 1. The lowest BCUT2D eigenvalue weighted by atomic mass is 9.97. The van der Waals surface area contributed by atoms with Crippen molar-refractivity contribution in [3.05, 3.63) is 76.4 Å². The lowest BCUT2D eigenvalue weighted by Crippen LogP contribution is -2.04. The number of aromatic carboxylic acids is 1. The van der Waals surface area contributed by atoms with Crippen molar-refractivity contribution in [2.75, 3.05) is 7.11 Å². The number of methoxy groups -OCH3 is 1. The van der Waals surface area contributed by atoms with E-state index in [1.54, 1.807) is 12.1 Å². The molecule has 0 aliphatic rings. The monoisotopic (exact) mass is 352 g/mol. The van der Waals surface area contributed by atoms with Crippen LogP contribution in [0.3, 0.4) is 0 Å². The van der Waals surface area contributed by atoms with E-state index in [1.165, 1.54) is 7.11 Å². The zero-order chi connectivity index (χ0) is 19.1. The molecule has 0 spiro atoms. The number of carbonyl (C=O) groups is 1. The van der Waals surface area contributed by atoms with Gasteiger partial charge in [0.2, 0.25) is 0 Å². The third-order valence-electron chi connectivity index (χ3n) is 4.04. The fraction of sp³-hybridized carbons (Fsp3) is 0.227. The van der Waals surface area contributed by atoms with Gasteiger partial charge in [0.15, 0.2) is 0 Å². The highest BCUT2D eigenvalue weighted by Gasteiger charge is 2.21. The van der Waals surface area contributed by atoms with Gasteiger partial charge in [-0.05, 0) is 43.9 Å². The van der Waals surface area contributed by atoms with Gasteiger partial charge in [-0.1, -0.05) is 54.1 Å². The molecule has 0 fully saturated rings. The molecule has 0 saturated heterocycles. The Kier molecular flexibility index (Phi) is 6.61. The van der Waals surface area contributed by atoms with E-state index < -0.39 is 5.97 Å². The summed E-state index contributed by atoms with van der Waals surface area (Å²) in [5, 5.41) is 20.1. The van der Waals surface area contributed by atoms with Crippen LogP contribution in [0.5, 0.6) is 11.5 Å². The predicted molar refractivity (Wildman–Crippen MR) is 104 cm³/mol. The molecule has 0 atom stereocenters. The van der Waals surface area contributed by atoms with E-state index in [0.29, 0.717) is 29.7 Å². The molecule has 26 heavy (non-hydrogen) atoms. The number of hydrogen-bond donors (Lipinski definition) is 2. The minimum atomic E-state index is -1.16. The third kappa shape index (κ3) is 4.76. The Balaban J connectivity index is 2.43. The first-order valence-corrected chi connectivity index (χ1v) is 8.44. The quantitative estimate of drug-likeness (QED) is 0.698. The first-order chi connectivity index (χ1) is 12.4. The van der Waals surface area contributed by atoms with Gasteiger partial charge in [0.25, 0.3) is 0 Å². The molecule has 0 unspecified atom stereocenters. The summed E-state index contributed by atoms with van der Waals surface area (Å²) in [7, 11) is 1.51. The van der Waals surface area contributed by atoms with Crippen molar-refractivity contribution < 1.29 is 19.7 Å². The second-order valence-electron chi connectivity index (χ2n) is 6.25. The van der Waals surface area contributed by atoms with E-state index in [2.05, 4.69) is 0 Å². The number of aromatic hydroxyl groups is 1. The van der Waals surface area contributed by atoms with Crippen LogP contribution in [0, 0.1) is 0 Å². The van der Waals surface area contributed by atoms with E-state index in [4.69, 9.17) is 4.74 Å². The maximum Gasteiger partial charge on any atom is 0.340 e. The van der Waals surface area contributed by atoms with Gasteiger partial charge in [-0.15, -0.1) is 0 Å². The van der Waals surface area contributed by atoms with Gasteiger partial charge in [0.1, 0.15) is 17.1 Å². The average Bonchev–Trinajstić information content (AvgIpc) is 2.60. The zero-order valence-corrected chi connectivity index (χ0v) is 15.3. The molecule has 2 N–H and O–H groups in total. The molecule has 0 radical (unpaired) electrons. The van der Waals surface area contributed by atoms with Crippen molar-refractivity contribution in [3.63, 3.8) is 0 Å². The first kappa shape index (κ1) is 19.3. The topological polar surface area (TPSA) is 66.8 Å². The van der Waals surface area contributed by atoms with Gasteiger partial charge >= 0.3 is 5.97 Å². The molecule has 0 bridgehead atoms. The maximum absolute atomic E-state index is 11.7. The number of benzene rings is 2. The van der Waals surface area contributed by atoms with Crippen LogP contribution in [0.25, 0.3) is 6.08 Å². The Labute approximate surface area is 154 Å². The fourth-order valence-electron chi connectivity index (χ4n) is 2.68. The summed E-state index contributed by atoms with van der Waals surface area (Å²) in [5.74, 6) is -0.930. The molecule has 2 aromatic carbocycles. The number of carboxylic acid groups (broad SMARTS) is 1. The van der Waals surface area contributed by atoms with Crippen LogP contribution in [-0.2, 0) is 12.8 Å². The summed E-state index contributed by atoms with van der Waals surface area (Å²) in [5.41, 5.74) is 2.99. The average molecular weight is 352 g/mol. The van der Waals surface area contributed by atoms with E-state index >= 15 is 0 Å². The van der Waals surface area contributed by atoms with Crippen LogP contribution < -0.4 is 4.74 Å². The SMILES string of the molecule is COc1cc(C=CCc2ccccc2)c(C(=O)O)c(O)c1CC=C(C)C. The molecule has 0 aliphatic carbocycles. The smallest absolute Gasteiger partial charge is 0.340 e. The predicted octanol–water partition coefficient (Wildman–Crippen LogP) is 4.86. The maximum atomic E-state index is 11.7. The van der Waals surface area contributed by atoms with Crippen LogP contribution in [0.15, 0.2) is 54.1 Å². The Morgan fingerprint density at radius 2 is 1.85 bits per heavy atom. The van der Waals surface area contributed by atoms with Gasteiger partial charge in [-0.2, -0.15) is 0 Å². The minimum absolute atomic E-state index is 0.104. The summed E-state index contributed by atoms with van der Waals surface area (Å²) in [6.45, 7) is 3.89. The Hall–Kier alpha value is -3.01. The summed E-state index contributed by atoms with van der Waals surface area (Å²) in [4.78, 5) is 11.7. The van der Waals surface area contributed by atoms with E-state index in [0.717, 1.165) is 11.1 Å². The molecule has 0 saturated carbocycles. The lowest BCUT2D eigenvalue weighted by Gasteiger charge is -2.14. The van der Waals surface area contributed by atoms with Crippen molar-refractivity contribution in [2.24, 2.45) is 0 Å². The van der Waals surface area contributed by atoms with Crippen molar-refractivity contribution in [3.8, 4) is 11.5 Å². The highest BCUT2D eigenvalue weighted by atomic mass is 16.5. The van der Waals surface area contributed by atoms with Gasteiger partial charge < -0.3 is 14.9 Å². The number of hydrogen-bond acceptors (Lipinski definition) is 3. The van der Waals surface area contributed by atoms with Gasteiger partial charge in [-0.25, -0.2) is 4.79 Å². The highest BCUT2D eigenvalue weighted by Crippen LogP contribution is 2.36. The molecule has 4 heteroatoms. The van der Waals surface area contributed by atoms with Crippen LogP contribution in [0.1, 0.15) is 40.9 Å². The standard InChI is InChI=1S/C22H24O4/c1-15(2)12-13-18-19(26-3)14-17(20(21(18)23)22(24)25)11-7-10-16-8-5-4-6-9-16/h4-9,11-12,14,23H,10,13H2,1-3H3,(H,24,25). The van der Waals surface area contributed by atoms with E-state index in [-0.39, 0.29) is 11.3 Å². The van der Waals surface area contributed by atoms with Crippen LogP contribution in [0.2, 0.25) is 0 Å². The Morgan fingerprint density at radius 3 is 2.42 bits per heavy atom. The molecular weight excluding hydrogens is 328 g/mol. The second-order valence-corrected chi connectivity index (χ2v) is 6.25. The van der Waals surface area contributed by atoms with E-state index in [9.17, 15) is 15.0 Å². The Morgan fingerprint density at radius 1 is 1.15 bits per heavy atom. The summed E-state index contributed by atoms with van der Waals surface area (Å²) in [6, 6.07) is 11.5. The number of rotatable bonds is 7. The van der Waals surface area contributed by atoms with Crippen molar-refractivity contribution in [2.45, 2.75) is 26.7 Å². The molecule has 2 aromatic rings. The largest absolute Gasteiger partial charge is 0.507 e. The zero-order valence-electron chi connectivity index (χ0n) is 15.3. The highest BCUT2D eigenvalue weighted by molar-refractivity contribution is 5.96. The molecule has 0 aromatic heterocycles. The summed E-state index contributed by atoms with van der Waals surface area (Å²) in [6.07, 6.45) is 6.59. The van der Waals surface area contributed by atoms with E-state index in [1.807, 2.05) is 56.3 Å². The summed E-state index contributed by atoms with van der Waals surface area (Å²) < 4.78 is 5.38. The molecule has 2 rings (SSSR count). The van der Waals surface area contributed by atoms with Crippen LogP contribution in [0.4, 0.5) is 0 Å². The van der Waals surface area contributed by atoms with Crippen molar-refractivity contribution in [1.29, 1.82) is 0 Å². The first-order valence-electron chi connectivity index (χ1n) is 8.44. The molecule has 0 amide bonds. The van der Waals surface area contributed by atoms with Gasteiger partial charge in [0.05, 0.1) is 7.11 Å². The van der Waals surface area contributed by atoms with Gasteiger partial charge in [-0.3, -0.25) is 0 Å². The van der Waals surface area contributed by atoms with Crippen LogP contribution >= 0.6 is 0 Å². The number of allylic oxidation sites excluding steroid dienone is 3. The third-order valence-corrected chi connectivity index (χ3v) is 4.04. The summed E-state index contributed by atoms with van der Waals surface area (Å²) >= 11 is 0. The van der Waals surface area contributed by atoms with Crippen molar-refractivity contribution >= 4 is 12.0 Å². The normalized spacial score (nSPS) is 10.7. The molecule has 0 aliphatic heterocycles. The Bertz CT molecular complexity index is 829. The second kappa shape index (κ2) is 8.90. The molecule has 4 nitrogen and oxygen atoms in total. The minimum Gasteiger partial charge on any atom is -0.507 e. The molecule has 136 valence electrons. The van der Waals surface area contributed by atoms with Crippen LogP contribution in [-0.4, -0.2) is 23.3 Å². The number of phenols is 1. The lowest BCUT2D eigenvalue weighted by molar-refractivity contribution is 0.0693.